The van der Waals surface area contributed by atoms with Gasteiger partial charge in [0.1, 0.15) is 12.6 Å². The SMILES string of the molecule is COc1cc(C=NNC(=O)C(NC(=O)c2ccccc2Cl)C(C)C)ccc1OCc1ccc(Cl)cc1. The molecule has 3 aromatic rings. The van der Waals surface area contributed by atoms with Gasteiger partial charge in [0.05, 0.1) is 23.9 Å². The fourth-order valence-electron chi connectivity index (χ4n) is 3.26. The van der Waals surface area contributed by atoms with Crippen LogP contribution in [0.1, 0.15) is 35.3 Å². The highest BCUT2D eigenvalue weighted by molar-refractivity contribution is 6.33. The number of halogens is 2. The second-order valence-corrected chi connectivity index (χ2v) is 9.08. The molecule has 0 saturated carbocycles. The summed E-state index contributed by atoms with van der Waals surface area (Å²) in [5.41, 5.74) is 4.44. The lowest BCUT2D eigenvalue weighted by Gasteiger charge is -2.20. The molecule has 7 nitrogen and oxygen atoms in total. The Labute approximate surface area is 220 Å². The highest BCUT2D eigenvalue weighted by Crippen LogP contribution is 2.28. The monoisotopic (exact) mass is 527 g/mol. The lowest BCUT2D eigenvalue weighted by molar-refractivity contribution is -0.123. The maximum atomic E-state index is 12.7. The van der Waals surface area contributed by atoms with Crippen molar-refractivity contribution in [1.29, 1.82) is 0 Å². The van der Waals surface area contributed by atoms with Crippen LogP contribution in [0.25, 0.3) is 0 Å². The van der Waals surface area contributed by atoms with Crippen LogP contribution in [0.4, 0.5) is 0 Å². The van der Waals surface area contributed by atoms with Gasteiger partial charge in [-0.1, -0.05) is 61.3 Å². The Morgan fingerprint density at radius 3 is 2.39 bits per heavy atom. The first-order valence-electron chi connectivity index (χ1n) is 11.2. The lowest BCUT2D eigenvalue weighted by atomic mass is 10.0. The Bertz CT molecular complexity index is 1230. The van der Waals surface area contributed by atoms with Crippen molar-refractivity contribution in [2.45, 2.75) is 26.5 Å². The Morgan fingerprint density at radius 2 is 1.72 bits per heavy atom. The van der Waals surface area contributed by atoms with Crippen molar-refractivity contribution in [3.8, 4) is 11.5 Å². The molecule has 0 heterocycles. The van der Waals surface area contributed by atoms with Gasteiger partial charge in [-0.05, 0) is 59.5 Å². The quantitative estimate of drug-likeness (QED) is 0.269. The molecule has 0 aliphatic heterocycles. The number of carbonyl (C=O) groups is 2. The molecule has 188 valence electrons. The number of nitrogens with zero attached hydrogens (tertiary/aromatic N) is 1. The van der Waals surface area contributed by atoms with Crippen molar-refractivity contribution in [3.63, 3.8) is 0 Å². The van der Waals surface area contributed by atoms with Gasteiger partial charge in [-0.3, -0.25) is 9.59 Å². The molecular weight excluding hydrogens is 501 g/mol. The van der Waals surface area contributed by atoms with E-state index in [1.807, 2.05) is 26.0 Å². The molecule has 0 aliphatic rings. The first kappa shape index (κ1) is 27.0. The molecule has 3 aromatic carbocycles. The number of ether oxygens (including phenoxy) is 2. The maximum Gasteiger partial charge on any atom is 0.262 e. The molecule has 1 unspecified atom stereocenters. The Kier molecular flexibility index (Phi) is 9.73. The molecule has 1 atom stereocenters. The molecule has 0 radical (unpaired) electrons. The summed E-state index contributed by atoms with van der Waals surface area (Å²) in [7, 11) is 1.54. The van der Waals surface area contributed by atoms with Gasteiger partial charge in [0.15, 0.2) is 11.5 Å². The average molecular weight is 528 g/mol. The van der Waals surface area contributed by atoms with E-state index in [1.54, 1.807) is 61.7 Å². The van der Waals surface area contributed by atoms with E-state index < -0.39 is 17.9 Å². The standard InChI is InChI=1S/C27H27Cl2N3O4/c1-17(2)25(31-26(33)21-6-4-5-7-22(21)29)27(34)32-30-15-19-10-13-23(24(14-19)35-3)36-16-18-8-11-20(28)12-9-18/h4-15,17,25H,16H2,1-3H3,(H,31,33)(H,32,34). The molecule has 9 heteroatoms. The van der Waals surface area contributed by atoms with Crippen LogP contribution >= 0.6 is 23.2 Å². The largest absolute Gasteiger partial charge is 0.493 e. The molecule has 0 aromatic heterocycles. The number of rotatable bonds is 10. The van der Waals surface area contributed by atoms with Crippen LogP contribution in [0.2, 0.25) is 10.0 Å². The minimum Gasteiger partial charge on any atom is -0.493 e. The molecule has 0 aliphatic carbocycles. The lowest BCUT2D eigenvalue weighted by Crippen LogP contribution is -2.48. The zero-order valence-electron chi connectivity index (χ0n) is 20.1. The highest BCUT2D eigenvalue weighted by Gasteiger charge is 2.25. The van der Waals surface area contributed by atoms with Crippen molar-refractivity contribution >= 4 is 41.2 Å². The number of amides is 2. The first-order chi connectivity index (χ1) is 17.3. The van der Waals surface area contributed by atoms with E-state index in [2.05, 4.69) is 15.8 Å². The summed E-state index contributed by atoms with van der Waals surface area (Å²) >= 11 is 12.0. The summed E-state index contributed by atoms with van der Waals surface area (Å²) in [5.74, 6) is 0.0276. The van der Waals surface area contributed by atoms with E-state index in [0.717, 1.165) is 5.56 Å². The van der Waals surface area contributed by atoms with E-state index in [-0.39, 0.29) is 5.92 Å². The van der Waals surface area contributed by atoms with Gasteiger partial charge in [-0.25, -0.2) is 5.43 Å². The van der Waals surface area contributed by atoms with E-state index in [1.165, 1.54) is 6.21 Å². The zero-order valence-corrected chi connectivity index (χ0v) is 21.6. The third kappa shape index (κ3) is 7.47. The molecule has 0 spiro atoms. The molecule has 0 saturated heterocycles. The van der Waals surface area contributed by atoms with Gasteiger partial charge in [-0.15, -0.1) is 0 Å². The maximum absolute atomic E-state index is 12.7. The summed E-state index contributed by atoms with van der Waals surface area (Å²) in [6, 6.07) is 18.5. The van der Waals surface area contributed by atoms with Crippen LogP contribution in [0.15, 0.2) is 71.8 Å². The van der Waals surface area contributed by atoms with Crippen molar-refractivity contribution in [2.75, 3.05) is 7.11 Å². The second kappa shape index (κ2) is 13.0. The van der Waals surface area contributed by atoms with Crippen LogP contribution in [0.3, 0.4) is 0 Å². The topological polar surface area (TPSA) is 89.0 Å². The van der Waals surface area contributed by atoms with Crippen molar-refractivity contribution in [3.05, 3.63) is 93.5 Å². The third-order valence-corrected chi connectivity index (χ3v) is 5.82. The number of nitrogens with one attached hydrogen (secondary N) is 2. The highest BCUT2D eigenvalue weighted by atomic mass is 35.5. The Morgan fingerprint density at radius 1 is 1.00 bits per heavy atom. The number of hydrazone groups is 1. The van der Waals surface area contributed by atoms with Gasteiger partial charge in [0.25, 0.3) is 11.8 Å². The average Bonchev–Trinajstić information content (AvgIpc) is 2.87. The van der Waals surface area contributed by atoms with Crippen molar-refractivity contribution in [2.24, 2.45) is 11.0 Å². The normalized spacial score (nSPS) is 11.8. The van der Waals surface area contributed by atoms with Crippen molar-refractivity contribution < 1.29 is 19.1 Å². The first-order valence-corrected chi connectivity index (χ1v) is 12.0. The fourth-order valence-corrected chi connectivity index (χ4v) is 3.61. The molecule has 0 fully saturated rings. The number of benzene rings is 3. The predicted octanol–water partition coefficient (Wildman–Crippen LogP) is 5.49. The van der Waals surface area contributed by atoms with E-state index >= 15 is 0 Å². The predicted molar refractivity (Wildman–Crippen MR) is 142 cm³/mol. The molecule has 0 bridgehead atoms. The molecule has 3 rings (SSSR count). The zero-order chi connectivity index (χ0) is 26.1. The number of hydrogen-bond acceptors (Lipinski definition) is 5. The van der Waals surface area contributed by atoms with Gasteiger partial charge < -0.3 is 14.8 Å². The van der Waals surface area contributed by atoms with E-state index in [4.69, 9.17) is 32.7 Å². The fraction of sp³-hybridized carbons (Fsp3) is 0.222. The van der Waals surface area contributed by atoms with Gasteiger partial charge in [-0.2, -0.15) is 5.10 Å². The number of hydrogen-bond donors (Lipinski definition) is 2. The minimum atomic E-state index is -0.802. The third-order valence-electron chi connectivity index (χ3n) is 5.24. The molecular formula is C27H27Cl2N3O4. The molecule has 2 N–H and O–H groups in total. The molecule has 2 amide bonds. The van der Waals surface area contributed by atoms with E-state index in [0.29, 0.717) is 39.3 Å². The second-order valence-electron chi connectivity index (χ2n) is 8.23. The number of carbonyl (C=O) groups excluding carboxylic acids is 2. The van der Waals surface area contributed by atoms with E-state index in [9.17, 15) is 9.59 Å². The van der Waals surface area contributed by atoms with Crippen LogP contribution in [0.5, 0.6) is 11.5 Å². The van der Waals surface area contributed by atoms with Gasteiger partial charge in [0, 0.05) is 5.02 Å². The van der Waals surface area contributed by atoms with Crippen LogP contribution in [-0.2, 0) is 11.4 Å². The summed E-state index contributed by atoms with van der Waals surface area (Å²) < 4.78 is 11.3. The van der Waals surface area contributed by atoms with Gasteiger partial charge >= 0.3 is 0 Å². The van der Waals surface area contributed by atoms with Crippen molar-refractivity contribution in [1.82, 2.24) is 10.7 Å². The Balaban J connectivity index is 1.61. The smallest absolute Gasteiger partial charge is 0.262 e. The molecule has 36 heavy (non-hydrogen) atoms. The van der Waals surface area contributed by atoms with Crippen LogP contribution in [0, 0.1) is 5.92 Å². The summed E-state index contributed by atoms with van der Waals surface area (Å²) in [6.07, 6.45) is 1.48. The summed E-state index contributed by atoms with van der Waals surface area (Å²) in [4.78, 5) is 25.3. The Hall–Kier alpha value is -3.55. The van der Waals surface area contributed by atoms with Crippen LogP contribution in [-0.4, -0.2) is 31.2 Å². The van der Waals surface area contributed by atoms with Crippen LogP contribution < -0.4 is 20.2 Å². The van der Waals surface area contributed by atoms with Gasteiger partial charge in [0.2, 0.25) is 0 Å². The summed E-state index contributed by atoms with van der Waals surface area (Å²) in [6.45, 7) is 4.01. The number of methoxy groups -OCH3 is 1. The minimum absolute atomic E-state index is 0.177. The summed E-state index contributed by atoms with van der Waals surface area (Å²) in [5, 5.41) is 7.74.